The van der Waals surface area contributed by atoms with E-state index in [-0.39, 0.29) is 6.42 Å². The van der Waals surface area contributed by atoms with Crippen molar-refractivity contribution in [3.63, 3.8) is 0 Å². The number of hydrogen-bond donors (Lipinski definition) is 3. The van der Waals surface area contributed by atoms with Gasteiger partial charge in [0.25, 0.3) is 0 Å². The minimum absolute atomic E-state index is 0.280. The standard InChI is InChI=1S/C17H32O6/c1-2-3-4-5-6-7-8-9-10-11-14(19)23-17-16(21)15(20)13(12-18)22-17/h13,15-18,20-21H,2-12H2,1H3/t13-,15-,16-,17?/m1/s1. The highest BCUT2D eigenvalue weighted by Crippen LogP contribution is 2.22. The smallest absolute Gasteiger partial charge is 0.308 e. The van der Waals surface area contributed by atoms with E-state index in [1.165, 1.54) is 38.5 Å². The van der Waals surface area contributed by atoms with Gasteiger partial charge in [0.15, 0.2) is 0 Å². The molecule has 136 valence electrons. The maximum atomic E-state index is 11.7. The van der Waals surface area contributed by atoms with Crippen molar-refractivity contribution in [2.24, 2.45) is 0 Å². The van der Waals surface area contributed by atoms with Gasteiger partial charge in [0.2, 0.25) is 6.29 Å². The summed E-state index contributed by atoms with van der Waals surface area (Å²) in [5.41, 5.74) is 0. The number of esters is 1. The van der Waals surface area contributed by atoms with Crippen LogP contribution in [0, 0.1) is 0 Å². The maximum Gasteiger partial charge on any atom is 0.308 e. The summed E-state index contributed by atoms with van der Waals surface area (Å²) in [7, 11) is 0. The largest absolute Gasteiger partial charge is 0.433 e. The van der Waals surface area contributed by atoms with E-state index < -0.39 is 37.2 Å². The summed E-state index contributed by atoms with van der Waals surface area (Å²) in [6.45, 7) is 1.78. The molecule has 0 aromatic rings. The van der Waals surface area contributed by atoms with Gasteiger partial charge in [0.05, 0.1) is 6.61 Å². The number of carbonyl (C=O) groups is 1. The average Bonchev–Trinajstić information content (AvgIpc) is 2.81. The zero-order valence-electron chi connectivity index (χ0n) is 14.2. The maximum absolute atomic E-state index is 11.7. The lowest BCUT2D eigenvalue weighted by atomic mass is 10.1. The number of aliphatic hydroxyl groups excluding tert-OH is 3. The minimum Gasteiger partial charge on any atom is -0.433 e. The molecule has 4 atom stereocenters. The van der Waals surface area contributed by atoms with E-state index in [0.717, 1.165) is 19.3 Å². The molecule has 0 radical (unpaired) electrons. The van der Waals surface area contributed by atoms with Crippen LogP contribution in [0.15, 0.2) is 0 Å². The molecular weight excluding hydrogens is 300 g/mol. The van der Waals surface area contributed by atoms with Crippen molar-refractivity contribution in [2.45, 2.75) is 95.7 Å². The van der Waals surface area contributed by atoms with E-state index in [2.05, 4.69) is 6.92 Å². The molecule has 0 aliphatic carbocycles. The fraction of sp³-hybridized carbons (Fsp3) is 0.941. The van der Waals surface area contributed by atoms with Crippen LogP contribution in [0.3, 0.4) is 0 Å². The van der Waals surface area contributed by atoms with E-state index in [9.17, 15) is 15.0 Å². The summed E-state index contributed by atoms with van der Waals surface area (Å²) in [6, 6.07) is 0. The third kappa shape index (κ3) is 7.61. The molecule has 1 aliphatic rings. The molecule has 6 heteroatoms. The summed E-state index contributed by atoms with van der Waals surface area (Å²) in [4.78, 5) is 11.7. The first-order valence-corrected chi connectivity index (χ1v) is 8.92. The number of hydrogen-bond acceptors (Lipinski definition) is 6. The van der Waals surface area contributed by atoms with Gasteiger partial charge >= 0.3 is 5.97 Å². The molecule has 0 bridgehead atoms. The van der Waals surface area contributed by atoms with Crippen LogP contribution in [0.4, 0.5) is 0 Å². The highest BCUT2D eigenvalue weighted by atomic mass is 16.7. The fourth-order valence-corrected chi connectivity index (χ4v) is 2.73. The van der Waals surface area contributed by atoms with Gasteiger partial charge in [0.1, 0.15) is 18.3 Å². The van der Waals surface area contributed by atoms with E-state index in [1.54, 1.807) is 0 Å². The molecular formula is C17H32O6. The lowest BCUT2D eigenvalue weighted by molar-refractivity contribution is -0.190. The second kappa shape index (κ2) is 11.8. The highest BCUT2D eigenvalue weighted by molar-refractivity contribution is 5.69. The Hall–Kier alpha value is -0.690. The molecule has 0 aromatic carbocycles. The molecule has 0 aromatic heterocycles. The van der Waals surface area contributed by atoms with Crippen LogP contribution < -0.4 is 0 Å². The van der Waals surface area contributed by atoms with E-state index in [4.69, 9.17) is 14.6 Å². The summed E-state index contributed by atoms with van der Waals surface area (Å²) in [6.07, 6.45) is 6.14. The summed E-state index contributed by atoms with van der Waals surface area (Å²) in [5.74, 6) is -0.442. The molecule has 1 aliphatic heterocycles. The number of ether oxygens (including phenoxy) is 2. The van der Waals surface area contributed by atoms with Gasteiger partial charge in [-0.1, -0.05) is 58.3 Å². The second-order valence-electron chi connectivity index (χ2n) is 6.27. The Balaban J connectivity index is 2.02. The molecule has 1 heterocycles. The Bertz CT molecular complexity index is 322. The van der Waals surface area contributed by atoms with E-state index in [1.807, 2.05) is 0 Å². The third-order valence-electron chi connectivity index (χ3n) is 4.23. The highest BCUT2D eigenvalue weighted by Gasteiger charge is 2.44. The molecule has 23 heavy (non-hydrogen) atoms. The lowest BCUT2D eigenvalue weighted by Crippen LogP contribution is -2.35. The van der Waals surface area contributed by atoms with Crippen molar-refractivity contribution < 1.29 is 29.6 Å². The van der Waals surface area contributed by atoms with Crippen LogP contribution in [0.25, 0.3) is 0 Å². The first kappa shape index (κ1) is 20.4. The van der Waals surface area contributed by atoms with Crippen LogP contribution in [0.1, 0.15) is 71.1 Å². The Morgan fingerprint density at radius 1 is 0.957 bits per heavy atom. The van der Waals surface area contributed by atoms with Crippen LogP contribution >= 0.6 is 0 Å². The van der Waals surface area contributed by atoms with Crippen molar-refractivity contribution in [2.75, 3.05) is 6.61 Å². The number of rotatable bonds is 12. The van der Waals surface area contributed by atoms with Crippen molar-refractivity contribution in [3.05, 3.63) is 0 Å². The van der Waals surface area contributed by atoms with Crippen LogP contribution in [-0.2, 0) is 14.3 Å². The van der Waals surface area contributed by atoms with E-state index >= 15 is 0 Å². The third-order valence-corrected chi connectivity index (χ3v) is 4.23. The first-order valence-electron chi connectivity index (χ1n) is 8.92. The van der Waals surface area contributed by atoms with Crippen molar-refractivity contribution in [1.82, 2.24) is 0 Å². The van der Waals surface area contributed by atoms with Crippen LogP contribution in [0.2, 0.25) is 0 Å². The van der Waals surface area contributed by atoms with Gasteiger partial charge in [-0.25, -0.2) is 0 Å². The molecule has 0 spiro atoms. The van der Waals surface area contributed by atoms with Crippen molar-refractivity contribution in [3.8, 4) is 0 Å². The van der Waals surface area contributed by atoms with Crippen molar-refractivity contribution in [1.29, 1.82) is 0 Å². The van der Waals surface area contributed by atoms with Gasteiger partial charge in [0, 0.05) is 6.42 Å². The predicted octanol–water partition coefficient (Wildman–Crippen LogP) is 1.89. The van der Waals surface area contributed by atoms with Gasteiger partial charge in [-0.15, -0.1) is 0 Å². The van der Waals surface area contributed by atoms with Crippen molar-refractivity contribution >= 4 is 5.97 Å². The van der Waals surface area contributed by atoms with Gasteiger partial charge in [-0.2, -0.15) is 0 Å². The predicted molar refractivity (Wildman–Crippen MR) is 85.7 cm³/mol. The molecule has 1 unspecified atom stereocenters. The summed E-state index contributed by atoms with van der Waals surface area (Å²) >= 11 is 0. The van der Waals surface area contributed by atoms with E-state index in [0.29, 0.717) is 0 Å². The lowest BCUT2D eigenvalue weighted by Gasteiger charge is -2.15. The molecule has 1 fully saturated rings. The Morgan fingerprint density at radius 3 is 2.04 bits per heavy atom. The Morgan fingerprint density at radius 2 is 1.52 bits per heavy atom. The zero-order chi connectivity index (χ0) is 17.1. The zero-order valence-corrected chi connectivity index (χ0v) is 14.2. The van der Waals surface area contributed by atoms with Gasteiger partial charge in [-0.05, 0) is 6.42 Å². The Kier molecular flexibility index (Phi) is 10.4. The minimum atomic E-state index is -1.31. The quantitative estimate of drug-likeness (QED) is 0.373. The van der Waals surface area contributed by atoms with Gasteiger partial charge < -0.3 is 24.8 Å². The molecule has 0 saturated carbocycles. The molecule has 1 saturated heterocycles. The van der Waals surface area contributed by atoms with Gasteiger partial charge in [-0.3, -0.25) is 4.79 Å². The normalized spacial score (nSPS) is 27.3. The number of unbranched alkanes of at least 4 members (excludes halogenated alkanes) is 8. The van der Waals surface area contributed by atoms with Crippen LogP contribution in [-0.4, -0.2) is 52.5 Å². The first-order chi connectivity index (χ1) is 11.1. The Labute approximate surface area is 138 Å². The summed E-state index contributed by atoms with van der Waals surface area (Å²) in [5, 5.41) is 28.2. The average molecular weight is 332 g/mol. The molecule has 0 amide bonds. The SMILES string of the molecule is CCCCCCCCCCCC(=O)OC1O[C@H](CO)[C@@H](O)[C@H]1O. The summed E-state index contributed by atoms with van der Waals surface area (Å²) < 4.78 is 10.1. The number of carbonyl (C=O) groups excluding carboxylic acids is 1. The van der Waals surface area contributed by atoms with Crippen LogP contribution in [0.5, 0.6) is 0 Å². The molecule has 1 rings (SSSR count). The second-order valence-corrected chi connectivity index (χ2v) is 6.27. The number of aliphatic hydroxyl groups is 3. The molecule has 3 N–H and O–H groups in total. The topological polar surface area (TPSA) is 96.2 Å². The monoisotopic (exact) mass is 332 g/mol. The molecule has 6 nitrogen and oxygen atoms in total. The fourth-order valence-electron chi connectivity index (χ4n) is 2.73.